The minimum absolute atomic E-state index is 0. The zero-order valence-corrected chi connectivity index (χ0v) is 8.26. The molecule has 22 valence electrons. The van der Waals surface area contributed by atoms with E-state index in [9.17, 15) is 0 Å². The molecule has 0 aliphatic rings. The maximum atomic E-state index is 8.38. The second-order valence-corrected chi connectivity index (χ2v) is 0. The van der Waals surface area contributed by atoms with Crippen molar-refractivity contribution in [2.75, 3.05) is 0 Å². The van der Waals surface area contributed by atoms with Gasteiger partial charge in [0.1, 0.15) is 0 Å². The molecule has 0 aromatic carbocycles. The van der Waals surface area contributed by atoms with Crippen LogP contribution in [-0.2, 0) is 41.3 Å². The van der Waals surface area contributed by atoms with Crippen LogP contribution in [0.1, 0.15) is 0 Å². The summed E-state index contributed by atoms with van der Waals surface area (Å²) in [5.41, 5.74) is 0. The van der Waals surface area contributed by atoms with Gasteiger partial charge in [-0.2, -0.15) is 0 Å². The number of rotatable bonds is 0. The van der Waals surface area contributed by atoms with E-state index in [2.05, 4.69) is 0 Å². The quantitative estimate of drug-likeness (QED) is 0.414. The number of hydrogen-bond donors (Lipinski definition) is 0. The summed E-state index contributed by atoms with van der Waals surface area (Å²) in [6.07, 6.45) is 0. The zero-order valence-electron chi connectivity index (χ0n) is 2.32. The average molecular weight is 191 g/mol. The standard InChI is InChI=1S/Mg.H2O.O.2Zn.2H/h;1H2;;;;;. The Morgan fingerprint density at radius 2 is 1.20 bits per heavy atom. The largest absolute Gasteiger partial charge is 0 e. The maximum absolute atomic E-state index is 8.38. The number of hydrogen-bond acceptors (Lipinski definition) is 1. The molecule has 0 bridgehead atoms. The summed E-state index contributed by atoms with van der Waals surface area (Å²) in [5, 5.41) is 0. The third kappa shape index (κ3) is 26.1. The van der Waals surface area contributed by atoms with E-state index in [0.29, 0.717) is 0 Å². The van der Waals surface area contributed by atoms with Crippen molar-refractivity contribution in [2.24, 2.45) is 0 Å². The zero-order chi connectivity index (χ0) is 2.00. The molecule has 5 heteroatoms. The molecule has 0 amide bonds. The first-order valence-corrected chi connectivity index (χ1v) is 1.50. The minimum Gasteiger partial charge on any atom is 0 e. The van der Waals surface area contributed by atoms with Gasteiger partial charge in [-0.15, -0.1) is 0 Å². The van der Waals surface area contributed by atoms with Gasteiger partial charge < -0.3 is 5.48 Å². The Kier molecular flexibility index (Phi) is 246. The van der Waals surface area contributed by atoms with Crippen molar-refractivity contribution in [2.45, 2.75) is 0 Å². The molecule has 2 nitrogen and oxygen atoms in total. The van der Waals surface area contributed by atoms with Gasteiger partial charge in [0.15, 0.2) is 0 Å². The molecule has 0 aliphatic heterocycles. The summed E-state index contributed by atoms with van der Waals surface area (Å²) >= 11 is 0.125. The molecule has 2 N–H and O–H groups in total. The van der Waals surface area contributed by atoms with E-state index < -0.39 is 0 Å². The third-order valence-corrected chi connectivity index (χ3v) is 0. The molecule has 0 unspecified atom stereocenters. The molecule has 0 heterocycles. The van der Waals surface area contributed by atoms with Crippen molar-refractivity contribution in [3.8, 4) is 0 Å². The van der Waals surface area contributed by atoms with Crippen LogP contribution in [0.15, 0.2) is 0 Å². The van der Waals surface area contributed by atoms with Crippen LogP contribution < -0.4 is 0 Å². The topological polar surface area (TPSA) is 48.6 Å². The van der Waals surface area contributed by atoms with Crippen LogP contribution in [0.2, 0.25) is 0 Å². The van der Waals surface area contributed by atoms with Crippen molar-refractivity contribution in [3.05, 3.63) is 0 Å². The van der Waals surface area contributed by atoms with E-state index in [-0.39, 0.29) is 66.3 Å². The predicted octanol–water partition coefficient (Wildman–Crippen LogP) is -1.86. The van der Waals surface area contributed by atoms with Crippen LogP contribution in [0.4, 0.5) is 0 Å². The molecule has 0 atom stereocenters. The molecule has 0 aromatic rings. The Balaban J connectivity index is -0.00000000167. The van der Waals surface area contributed by atoms with Crippen molar-refractivity contribution in [1.29, 1.82) is 0 Å². The maximum Gasteiger partial charge on any atom is 0 e. The van der Waals surface area contributed by atoms with Gasteiger partial charge in [-0.05, 0) is 0 Å². The Bertz CT molecular complexity index is 7.61. The van der Waals surface area contributed by atoms with Gasteiger partial charge >= 0.3 is 44.9 Å². The average Bonchev–Trinajstić information content (AvgIpc) is 1.00. The molecule has 0 aromatic heterocycles. The van der Waals surface area contributed by atoms with Crippen molar-refractivity contribution < 1.29 is 46.8 Å². The van der Waals surface area contributed by atoms with Crippen LogP contribution in [-0.4, -0.2) is 28.5 Å². The van der Waals surface area contributed by atoms with Gasteiger partial charge in [0, 0.05) is 19.5 Å². The summed E-state index contributed by atoms with van der Waals surface area (Å²) in [7, 11) is 0. The van der Waals surface area contributed by atoms with Crippen LogP contribution in [0, 0.1) is 0 Å². The second-order valence-electron chi connectivity index (χ2n) is 0. The molecular formula is H4MgO2Zn2. The minimum atomic E-state index is 0. The Morgan fingerprint density at radius 1 is 1.20 bits per heavy atom. The van der Waals surface area contributed by atoms with Gasteiger partial charge in [0.2, 0.25) is 0 Å². The summed E-state index contributed by atoms with van der Waals surface area (Å²) in [6.45, 7) is 0. The predicted molar refractivity (Wildman–Crippen MR) is 12.8 cm³/mol. The van der Waals surface area contributed by atoms with Crippen molar-refractivity contribution >= 4 is 23.1 Å². The van der Waals surface area contributed by atoms with Crippen molar-refractivity contribution in [3.63, 3.8) is 0 Å². The summed E-state index contributed by atoms with van der Waals surface area (Å²) in [5.74, 6) is 0. The van der Waals surface area contributed by atoms with E-state index in [0.717, 1.165) is 0 Å². The Labute approximate surface area is 69.2 Å². The van der Waals surface area contributed by atoms with Crippen LogP contribution in [0.3, 0.4) is 0 Å². The molecule has 0 radical (unpaired) electrons. The van der Waals surface area contributed by atoms with E-state index in [1.165, 1.54) is 0 Å². The van der Waals surface area contributed by atoms with Crippen LogP contribution >= 0.6 is 0 Å². The molecule has 0 spiro atoms. The molecular weight excluding hydrogens is 187 g/mol. The van der Waals surface area contributed by atoms with Gasteiger partial charge in [-0.1, -0.05) is 0 Å². The van der Waals surface area contributed by atoms with Gasteiger partial charge in [-0.3, -0.25) is 0 Å². The fourth-order valence-electron chi connectivity index (χ4n) is 0. The fraction of sp³-hybridized carbons (Fsp3) is 0. The van der Waals surface area contributed by atoms with E-state index in [1.807, 2.05) is 0 Å². The van der Waals surface area contributed by atoms with E-state index >= 15 is 0 Å². The molecule has 0 rings (SSSR count). The Morgan fingerprint density at radius 3 is 1.20 bits per heavy atom. The third-order valence-electron chi connectivity index (χ3n) is 0. The molecule has 0 saturated heterocycles. The first-order chi connectivity index (χ1) is 1.00. The normalized spacial score (nSPS) is 1.20. The Hall–Kier alpha value is 1.77. The SMILES string of the molecule is O.[MgH2].[O]=[Zn].[Zn]. The second kappa shape index (κ2) is 41.8. The first-order valence-electron chi connectivity index (χ1n) is 0.289. The summed E-state index contributed by atoms with van der Waals surface area (Å²) < 4.78 is 8.38. The monoisotopic (exact) mass is 188 g/mol. The smallest absolute Gasteiger partial charge is 0 e. The van der Waals surface area contributed by atoms with Crippen molar-refractivity contribution in [1.82, 2.24) is 0 Å². The molecule has 0 saturated carbocycles. The van der Waals surface area contributed by atoms with Crippen LogP contribution in [0.25, 0.3) is 0 Å². The first kappa shape index (κ1) is 29.4. The molecule has 0 aliphatic carbocycles. The van der Waals surface area contributed by atoms with Gasteiger partial charge in [0.05, 0.1) is 0 Å². The molecule has 5 heavy (non-hydrogen) atoms. The van der Waals surface area contributed by atoms with E-state index in [1.54, 1.807) is 0 Å². The summed E-state index contributed by atoms with van der Waals surface area (Å²) in [6, 6.07) is 0. The van der Waals surface area contributed by atoms with Gasteiger partial charge in [0.25, 0.3) is 0 Å². The van der Waals surface area contributed by atoms with E-state index in [4.69, 9.17) is 3.57 Å². The van der Waals surface area contributed by atoms with Crippen LogP contribution in [0.5, 0.6) is 0 Å². The van der Waals surface area contributed by atoms with Gasteiger partial charge in [-0.25, -0.2) is 0 Å². The summed E-state index contributed by atoms with van der Waals surface area (Å²) in [4.78, 5) is 0. The fourth-order valence-corrected chi connectivity index (χ4v) is 0. The molecule has 0 fully saturated rings.